The van der Waals surface area contributed by atoms with E-state index < -0.39 is 28.7 Å². The van der Waals surface area contributed by atoms with E-state index >= 15 is 0 Å². The average Bonchev–Trinajstić information content (AvgIpc) is 3.18. The van der Waals surface area contributed by atoms with E-state index in [1.54, 1.807) is 41.8 Å². The van der Waals surface area contributed by atoms with Crippen molar-refractivity contribution in [1.82, 2.24) is 9.66 Å². The van der Waals surface area contributed by atoms with E-state index in [1.807, 2.05) is 0 Å². The lowest BCUT2D eigenvalue weighted by Crippen LogP contribution is -2.35. The van der Waals surface area contributed by atoms with Gasteiger partial charge in [0, 0.05) is 0 Å². The number of para-hydroxylation sites is 1. The zero-order valence-corrected chi connectivity index (χ0v) is 14.5. The van der Waals surface area contributed by atoms with Gasteiger partial charge < -0.3 is 0 Å². The van der Waals surface area contributed by atoms with E-state index in [-0.39, 0.29) is 11.2 Å². The topological polar surface area (TPSA) is 64.0 Å². The Morgan fingerprint density at radius 1 is 1.00 bits per heavy atom. The van der Waals surface area contributed by atoms with Crippen LogP contribution < -0.4 is 11.0 Å². The summed E-state index contributed by atoms with van der Waals surface area (Å²) in [5.74, 6) is -2.94. The molecule has 0 aliphatic carbocycles. The van der Waals surface area contributed by atoms with Crippen LogP contribution in [0.1, 0.15) is 10.4 Å². The van der Waals surface area contributed by atoms with Crippen molar-refractivity contribution in [2.24, 2.45) is 0 Å². The van der Waals surface area contributed by atoms with E-state index in [9.17, 15) is 18.4 Å². The van der Waals surface area contributed by atoms with Gasteiger partial charge in [0.25, 0.3) is 11.5 Å². The van der Waals surface area contributed by atoms with Gasteiger partial charge in [-0.1, -0.05) is 24.3 Å². The third-order valence-corrected chi connectivity index (χ3v) is 4.79. The first-order valence-electron chi connectivity index (χ1n) is 7.87. The quantitative estimate of drug-likeness (QED) is 0.586. The third kappa shape index (κ3) is 3.00. The molecule has 4 aromatic rings. The molecule has 2 aromatic heterocycles. The van der Waals surface area contributed by atoms with Crippen LogP contribution in [-0.2, 0) is 0 Å². The monoisotopic (exact) mass is 383 g/mol. The Morgan fingerprint density at radius 2 is 1.74 bits per heavy atom. The van der Waals surface area contributed by atoms with Crippen LogP contribution in [0.15, 0.2) is 64.8 Å². The fourth-order valence-electron chi connectivity index (χ4n) is 2.68. The van der Waals surface area contributed by atoms with Gasteiger partial charge >= 0.3 is 0 Å². The highest BCUT2D eigenvalue weighted by Gasteiger charge is 2.21. The fraction of sp³-hybridized carbons (Fsp3) is 0. The van der Waals surface area contributed by atoms with Gasteiger partial charge in [-0.3, -0.25) is 15.0 Å². The number of hydrogen-bond donors (Lipinski definition) is 1. The lowest BCUT2D eigenvalue weighted by molar-refractivity contribution is 0.0999. The SMILES string of the molecule is O=C(Nn1c(-c2cccs2)nc2ccccc2c1=O)c1c(F)cccc1F. The lowest BCUT2D eigenvalue weighted by Gasteiger charge is -2.14. The molecule has 0 fully saturated rings. The molecule has 2 aromatic carbocycles. The van der Waals surface area contributed by atoms with Gasteiger partial charge in [-0.05, 0) is 35.7 Å². The highest BCUT2D eigenvalue weighted by atomic mass is 32.1. The molecule has 2 heterocycles. The first-order chi connectivity index (χ1) is 13.1. The predicted molar refractivity (Wildman–Crippen MR) is 99.4 cm³/mol. The number of fused-ring (bicyclic) bond motifs is 1. The van der Waals surface area contributed by atoms with Crippen molar-refractivity contribution in [1.29, 1.82) is 0 Å². The Kier molecular flexibility index (Phi) is 4.25. The number of hydrogen-bond acceptors (Lipinski definition) is 4. The average molecular weight is 383 g/mol. The summed E-state index contributed by atoms with van der Waals surface area (Å²) in [6.45, 7) is 0. The molecule has 134 valence electrons. The molecule has 0 aliphatic heterocycles. The number of thiophene rings is 1. The molecule has 0 atom stereocenters. The van der Waals surface area contributed by atoms with E-state index in [4.69, 9.17) is 0 Å². The maximum absolute atomic E-state index is 13.9. The summed E-state index contributed by atoms with van der Waals surface area (Å²) in [4.78, 5) is 30.5. The number of carbonyl (C=O) groups excluding carboxylic acids is 1. The third-order valence-electron chi connectivity index (χ3n) is 3.92. The molecule has 0 unspecified atom stereocenters. The van der Waals surface area contributed by atoms with Crippen LogP contribution >= 0.6 is 11.3 Å². The van der Waals surface area contributed by atoms with Gasteiger partial charge in [0.15, 0.2) is 5.82 Å². The number of nitrogens with one attached hydrogen (secondary N) is 1. The Bertz CT molecular complexity index is 1200. The number of carbonyl (C=O) groups is 1. The van der Waals surface area contributed by atoms with Crippen molar-refractivity contribution < 1.29 is 13.6 Å². The van der Waals surface area contributed by atoms with E-state index in [0.717, 1.165) is 22.9 Å². The first-order valence-corrected chi connectivity index (χ1v) is 8.75. The van der Waals surface area contributed by atoms with Crippen LogP contribution in [0, 0.1) is 11.6 Å². The van der Waals surface area contributed by atoms with Crippen LogP contribution in [-0.4, -0.2) is 15.6 Å². The van der Waals surface area contributed by atoms with Crippen molar-refractivity contribution in [3.8, 4) is 10.7 Å². The van der Waals surface area contributed by atoms with Crippen molar-refractivity contribution in [3.05, 3.63) is 87.5 Å². The largest absolute Gasteiger partial charge is 0.280 e. The number of rotatable bonds is 3. The van der Waals surface area contributed by atoms with Crippen molar-refractivity contribution in [3.63, 3.8) is 0 Å². The summed E-state index contributed by atoms with van der Waals surface area (Å²) in [6, 6.07) is 13.2. The first kappa shape index (κ1) is 17.0. The van der Waals surface area contributed by atoms with Crippen LogP contribution in [0.25, 0.3) is 21.6 Å². The maximum Gasteiger partial charge on any atom is 0.280 e. The molecule has 1 N–H and O–H groups in total. The molecule has 0 radical (unpaired) electrons. The van der Waals surface area contributed by atoms with E-state index in [1.165, 1.54) is 11.3 Å². The van der Waals surface area contributed by atoms with Gasteiger partial charge in [0.05, 0.1) is 15.8 Å². The molecule has 4 rings (SSSR count). The Hall–Kier alpha value is -3.39. The van der Waals surface area contributed by atoms with Crippen molar-refractivity contribution >= 4 is 28.1 Å². The molecule has 0 saturated heterocycles. The highest BCUT2D eigenvalue weighted by Crippen LogP contribution is 2.23. The standard InChI is InChI=1S/C19H11F2N3O2S/c20-12-6-3-7-13(21)16(12)18(25)23-24-17(15-9-4-10-27-15)22-14-8-2-1-5-11(14)19(24)26/h1-10H,(H,23,25). The zero-order valence-electron chi connectivity index (χ0n) is 13.6. The summed E-state index contributed by atoms with van der Waals surface area (Å²) in [6.07, 6.45) is 0. The van der Waals surface area contributed by atoms with Crippen molar-refractivity contribution in [2.75, 3.05) is 5.43 Å². The molecule has 1 amide bonds. The second-order valence-electron chi connectivity index (χ2n) is 5.61. The summed E-state index contributed by atoms with van der Waals surface area (Å²) >= 11 is 1.31. The molecule has 0 spiro atoms. The van der Waals surface area contributed by atoms with Gasteiger partial charge in [0.1, 0.15) is 17.2 Å². The summed E-state index contributed by atoms with van der Waals surface area (Å²) in [7, 11) is 0. The normalized spacial score (nSPS) is 10.9. The molecular formula is C19H11F2N3O2S. The minimum atomic E-state index is -1.08. The van der Waals surface area contributed by atoms with Crippen LogP contribution in [0.4, 0.5) is 8.78 Å². The highest BCUT2D eigenvalue weighted by molar-refractivity contribution is 7.13. The predicted octanol–water partition coefficient (Wildman–Crippen LogP) is 3.79. The molecule has 0 bridgehead atoms. The number of amides is 1. The minimum Gasteiger partial charge on any atom is -0.267 e. The molecule has 0 saturated carbocycles. The summed E-state index contributed by atoms with van der Waals surface area (Å²) < 4.78 is 28.8. The number of aromatic nitrogens is 2. The van der Waals surface area contributed by atoms with Gasteiger partial charge in [-0.2, -0.15) is 4.68 Å². The Morgan fingerprint density at radius 3 is 2.44 bits per heavy atom. The van der Waals surface area contributed by atoms with Crippen LogP contribution in [0.5, 0.6) is 0 Å². The fourth-order valence-corrected chi connectivity index (χ4v) is 3.38. The van der Waals surface area contributed by atoms with Crippen LogP contribution in [0.3, 0.4) is 0 Å². The van der Waals surface area contributed by atoms with Gasteiger partial charge in [-0.15, -0.1) is 11.3 Å². The molecule has 27 heavy (non-hydrogen) atoms. The smallest absolute Gasteiger partial charge is 0.267 e. The molecule has 5 nitrogen and oxygen atoms in total. The Balaban J connectivity index is 1.90. The minimum absolute atomic E-state index is 0.179. The van der Waals surface area contributed by atoms with Gasteiger partial charge in [-0.25, -0.2) is 13.8 Å². The molecule has 8 heteroatoms. The number of benzene rings is 2. The van der Waals surface area contributed by atoms with E-state index in [0.29, 0.717) is 10.4 Å². The summed E-state index contributed by atoms with van der Waals surface area (Å²) in [5.41, 5.74) is 1.42. The Labute approximate surface area is 155 Å². The zero-order chi connectivity index (χ0) is 19.0. The number of halogens is 2. The van der Waals surface area contributed by atoms with Crippen LogP contribution in [0.2, 0.25) is 0 Å². The van der Waals surface area contributed by atoms with Gasteiger partial charge in [0.2, 0.25) is 0 Å². The second-order valence-corrected chi connectivity index (χ2v) is 6.56. The van der Waals surface area contributed by atoms with E-state index in [2.05, 4.69) is 10.4 Å². The van der Waals surface area contributed by atoms with Crippen molar-refractivity contribution in [2.45, 2.75) is 0 Å². The number of nitrogens with zero attached hydrogens (tertiary/aromatic N) is 2. The summed E-state index contributed by atoms with van der Waals surface area (Å²) in [5, 5.41) is 2.06. The second kappa shape index (κ2) is 6.73. The molecular weight excluding hydrogens is 372 g/mol. The maximum atomic E-state index is 13.9. The molecule has 0 aliphatic rings. The lowest BCUT2D eigenvalue weighted by atomic mass is 10.2.